The van der Waals surface area contributed by atoms with E-state index in [2.05, 4.69) is 17.1 Å². The average Bonchev–Trinajstić information content (AvgIpc) is 2.85. The first-order valence-corrected chi connectivity index (χ1v) is 6.70. The minimum absolute atomic E-state index is 0.0313. The Bertz CT molecular complexity index is 564. The largest absolute Gasteiger partial charge is 0.493 e. The van der Waals surface area contributed by atoms with Gasteiger partial charge in [0.05, 0.1) is 12.6 Å². The summed E-state index contributed by atoms with van der Waals surface area (Å²) in [6.07, 6.45) is 5.67. The maximum absolute atomic E-state index is 6.30. The molecule has 1 aromatic heterocycles. The lowest BCUT2D eigenvalue weighted by atomic mass is 9.87. The molecular weight excluding hydrogens is 238 g/mol. The van der Waals surface area contributed by atoms with Gasteiger partial charge < -0.3 is 15.0 Å². The minimum Gasteiger partial charge on any atom is -0.493 e. The number of nitrogens with two attached hydrogens (primary N) is 1. The van der Waals surface area contributed by atoms with Crippen molar-refractivity contribution < 1.29 is 4.74 Å². The smallest absolute Gasteiger partial charge is 0.125 e. The van der Waals surface area contributed by atoms with Crippen molar-refractivity contribution in [2.24, 2.45) is 12.8 Å². The van der Waals surface area contributed by atoms with Crippen molar-refractivity contribution in [3.63, 3.8) is 0 Å². The molecule has 2 N–H and O–H groups in total. The lowest BCUT2D eigenvalue weighted by Crippen LogP contribution is -2.22. The third kappa shape index (κ3) is 2.36. The van der Waals surface area contributed by atoms with Crippen molar-refractivity contribution in [2.75, 3.05) is 6.61 Å². The fourth-order valence-corrected chi connectivity index (χ4v) is 2.81. The molecule has 4 nitrogen and oxygen atoms in total. The Labute approximate surface area is 113 Å². The lowest BCUT2D eigenvalue weighted by molar-refractivity contribution is 0.258. The third-order valence-corrected chi connectivity index (χ3v) is 3.81. The Morgan fingerprint density at radius 1 is 1.47 bits per heavy atom. The number of aromatic nitrogens is 2. The topological polar surface area (TPSA) is 53.1 Å². The highest BCUT2D eigenvalue weighted by Gasteiger charge is 2.24. The molecule has 100 valence electrons. The maximum atomic E-state index is 6.30. The molecule has 1 aromatic carbocycles. The predicted octanol–water partition coefficient (Wildman–Crippen LogP) is 2.38. The highest BCUT2D eigenvalue weighted by molar-refractivity contribution is 5.37. The van der Waals surface area contributed by atoms with E-state index in [0.717, 1.165) is 31.0 Å². The molecular formula is C15H19N3O. The van der Waals surface area contributed by atoms with Crippen LogP contribution in [0.4, 0.5) is 0 Å². The first kappa shape index (κ1) is 12.2. The van der Waals surface area contributed by atoms with Gasteiger partial charge in [-0.05, 0) is 30.4 Å². The fraction of sp³-hybridized carbons (Fsp3) is 0.400. The van der Waals surface area contributed by atoms with Crippen LogP contribution in [0.25, 0.3) is 0 Å². The summed E-state index contributed by atoms with van der Waals surface area (Å²) in [4.78, 5) is 4.34. The van der Waals surface area contributed by atoms with Gasteiger partial charge in [0.2, 0.25) is 0 Å². The molecule has 19 heavy (non-hydrogen) atoms. The first-order chi connectivity index (χ1) is 9.25. The van der Waals surface area contributed by atoms with E-state index in [4.69, 9.17) is 10.5 Å². The van der Waals surface area contributed by atoms with Crippen molar-refractivity contribution >= 4 is 0 Å². The Morgan fingerprint density at radius 3 is 3.11 bits per heavy atom. The Morgan fingerprint density at radius 2 is 2.32 bits per heavy atom. The molecule has 0 amide bonds. The second-order valence-electron chi connectivity index (χ2n) is 5.11. The molecule has 0 aliphatic carbocycles. The highest BCUT2D eigenvalue weighted by atomic mass is 16.5. The molecule has 4 heteroatoms. The molecule has 0 saturated carbocycles. The molecule has 0 radical (unpaired) electrons. The van der Waals surface area contributed by atoms with E-state index in [0.29, 0.717) is 5.92 Å². The van der Waals surface area contributed by atoms with E-state index in [1.165, 1.54) is 5.56 Å². The van der Waals surface area contributed by atoms with Crippen LogP contribution < -0.4 is 10.5 Å². The van der Waals surface area contributed by atoms with Crippen LogP contribution in [0.3, 0.4) is 0 Å². The number of para-hydroxylation sites is 1. The van der Waals surface area contributed by atoms with Crippen molar-refractivity contribution in [2.45, 2.75) is 24.8 Å². The van der Waals surface area contributed by atoms with E-state index < -0.39 is 0 Å². The SMILES string of the molecule is Cn1ccnc1C(N)CC1CCOc2ccccc21. The Balaban J connectivity index is 1.80. The molecule has 0 bridgehead atoms. The molecule has 0 spiro atoms. The van der Waals surface area contributed by atoms with Gasteiger partial charge in [-0.1, -0.05) is 18.2 Å². The van der Waals surface area contributed by atoms with Crippen LogP contribution in [-0.4, -0.2) is 16.2 Å². The van der Waals surface area contributed by atoms with Gasteiger partial charge in [-0.15, -0.1) is 0 Å². The van der Waals surface area contributed by atoms with E-state index in [1.807, 2.05) is 29.9 Å². The van der Waals surface area contributed by atoms with Crippen LogP contribution in [0.15, 0.2) is 36.7 Å². The average molecular weight is 257 g/mol. The zero-order chi connectivity index (χ0) is 13.2. The fourth-order valence-electron chi connectivity index (χ4n) is 2.81. The van der Waals surface area contributed by atoms with Crippen molar-refractivity contribution in [1.29, 1.82) is 0 Å². The van der Waals surface area contributed by atoms with Gasteiger partial charge in [0, 0.05) is 19.4 Å². The highest BCUT2D eigenvalue weighted by Crippen LogP contribution is 2.37. The normalized spacial score (nSPS) is 19.6. The maximum Gasteiger partial charge on any atom is 0.125 e. The van der Waals surface area contributed by atoms with Crippen molar-refractivity contribution in [3.8, 4) is 5.75 Å². The summed E-state index contributed by atoms with van der Waals surface area (Å²) in [6, 6.07) is 8.22. The van der Waals surface area contributed by atoms with E-state index in [1.54, 1.807) is 6.20 Å². The van der Waals surface area contributed by atoms with Crippen LogP contribution in [0.1, 0.15) is 36.2 Å². The number of hydrogen-bond acceptors (Lipinski definition) is 3. The zero-order valence-electron chi connectivity index (χ0n) is 11.1. The number of ether oxygens (including phenoxy) is 1. The predicted molar refractivity (Wildman–Crippen MR) is 74.0 cm³/mol. The number of fused-ring (bicyclic) bond motifs is 1. The molecule has 2 aromatic rings. The summed E-state index contributed by atoms with van der Waals surface area (Å²) in [7, 11) is 1.99. The summed E-state index contributed by atoms with van der Waals surface area (Å²) in [5, 5.41) is 0. The van der Waals surface area contributed by atoms with Gasteiger partial charge in [0.25, 0.3) is 0 Å². The van der Waals surface area contributed by atoms with Crippen LogP contribution in [0, 0.1) is 0 Å². The molecule has 0 saturated heterocycles. The van der Waals surface area contributed by atoms with Gasteiger partial charge >= 0.3 is 0 Å². The van der Waals surface area contributed by atoms with E-state index in [9.17, 15) is 0 Å². The number of hydrogen-bond donors (Lipinski definition) is 1. The number of aryl methyl sites for hydroxylation is 1. The summed E-state index contributed by atoms with van der Waals surface area (Å²) < 4.78 is 7.68. The Kier molecular flexibility index (Phi) is 3.25. The molecule has 1 aliphatic rings. The number of rotatable bonds is 3. The number of nitrogens with zero attached hydrogens (tertiary/aromatic N) is 2. The monoisotopic (exact) mass is 257 g/mol. The number of benzene rings is 1. The summed E-state index contributed by atoms with van der Waals surface area (Å²) in [6.45, 7) is 0.773. The van der Waals surface area contributed by atoms with E-state index in [-0.39, 0.29) is 6.04 Å². The summed E-state index contributed by atoms with van der Waals surface area (Å²) in [5.74, 6) is 2.41. The Hall–Kier alpha value is -1.81. The van der Waals surface area contributed by atoms with Crippen molar-refractivity contribution in [3.05, 3.63) is 48.0 Å². The van der Waals surface area contributed by atoms with E-state index >= 15 is 0 Å². The molecule has 3 rings (SSSR count). The molecule has 2 heterocycles. The molecule has 2 atom stereocenters. The lowest BCUT2D eigenvalue weighted by Gasteiger charge is -2.27. The van der Waals surface area contributed by atoms with Gasteiger partial charge in [0.15, 0.2) is 0 Å². The zero-order valence-corrected chi connectivity index (χ0v) is 11.1. The summed E-state index contributed by atoms with van der Waals surface area (Å²) >= 11 is 0. The van der Waals surface area contributed by atoms with Crippen LogP contribution >= 0.6 is 0 Å². The standard InChI is InChI=1S/C15H19N3O/c1-18-8-7-17-15(18)13(16)10-11-6-9-19-14-5-3-2-4-12(11)14/h2-5,7-8,11,13H,6,9-10,16H2,1H3. The van der Waals surface area contributed by atoms with Crippen LogP contribution in [-0.2, 0) is 7.05 Å². The third-order valence-electron chi connectivity index (χ3n) is 3.81. The van der Waals surface area contributed by atoms with Gasteiger partial charge in [-0.2, -0.15) is 0 Å². The minimum atomic E-state index is -0.0313. The number of imidazole rings is 1. The van der Waals surface area contributed by atoms with Crippen LogP contribution in [0.2, 0.25) is 0 Å². The second kappa shape index (κ2) is 5.05. The second-order valence-corrected chi connectivity index (χ2v) is 5.11. The molecule has 2 unspecified atom stereocenters. The van der Waals surface area contributed by atoms with Gasteiger partial charge in [-0.3, -0.25) is 0 Å². The van der Waals surface area contributed by atoms with Crippen molar-refractivity contribution in [1.82, 2.24) is 9.55 Å². The van der Waals surface area contributed by atoms with Crippen LogP contribution in [0.5, 0.6) is 5.75 Å². The quantitative estimate of drug-likeness (QED) is 0.918. The van der Waals surface area contributed by atoms with Gasteiger partial charge in [0.1, 0.15) is 11.6 Å². The molecule has 0 fully saturated rings. The summed E-state index contributed by atoms with van der Waals surface area (Å²) in [5.41, 5.74) is 7.58. The first-order valence-electron chi connectivity index (χ1n) is 6.70. The van der Waals surface area contributed by atoms with Gasteiger partial charge in [-0.25, -0.2) is 4.98 Å². The molecule has 1 aliphatic heterocycles.